The predicted molar refractivity (Wildman–Crippen MR) is 155 cm³/mol. The van der Waals surface area contributed by atoms with Crippen LogP contribution in [-0.2, 0) is 4.79 Å². The van der Waals surface area contributed by atoms with Crippen molar-refractivity contribution >= 4 is 35.1 Å². The second-order valence-electron chi connectivity index (χ2n) is 10.1. The molecule has 4 heteroatoms. The number of fused-ring (bicyclic) bond motifs is 3. The highest BCUT2D eigenvalue weighted by molar-refractivity contribution is 5.93. The standard InChI is InChI=1S/C35H28N2O2/c1-36-32(35(38)39)23-25-17-20-34-31(22-25)29-13-8-14-33(29)37(34)28-18-15-24(16-19-28)21-30(26-9-4-2-5-10-26)27-11-6-3-7-12-27/h2-7,9-12,15-23,29,33H,8,13-14H2,(H,38,39)/p-1/b32-23-. The van der Waals surface area contributed by atoms with Gasteiger partial charge in [0.15, 0.2) is 0 Å². The summed E-state index contributed by atoms with van der Waals surface area (Å²) in [5.41, 5.74) is 8.59. The molecule has 4 nitrogen and oxygen atoms in total. The average Bonchev–Trinajstić information content (AvgIpc) is 3.57. The highest BCUT2D eigenvalue weighted by Crippen LogP contribution is 2.52. The number of aliphatic carboxylic acids is 1. The van der Waals surface area contributed by atoms with Crippen LogP contribution in [0.4, 0.5) is 11.4 Å². The minimum atomic E-state index is -1.44. The number of carboxylic acids is 1. The summed E-state index contributed by atoms with van der Waals surface area (Å²) in [4.78, 5) is 16.8. The molecular formula is C35H27N2O2-. The van der Waals surface area contributed by atoms with E-state index in [0.29, 0.717) is 12.0 Å². The molecule has 190 valence electrons. The number of benzene rings is 4. The number of carbonyl (C=O) groups excluding carboxylic acids is 1. The minimum absolute atomic E-state index is 0.373. The molecule has 0 amide bonds. The van der Waals surface area contributed by atoms with Crippen molar-refractivity contribution in [2.24, 2.45) is 0 Å². The van der Waals surface area contributed by atoms with Crippen LogP contribution in [0.3, 0.4) is 0 Å². The van der Waals surface area contributed by atoms with Gasteiger partial charge in [0.05, 0.1) is 12.5 Å². The molecule has 1 saturated carbocycles. The van der Waals surface area contributed by atoms with Crippen LogP contribution in [0, 0.1) is 6.57 Å². The van der Waals surface area contributed by atoms with E-state index in [-0.39, 0.29) is 5.70 Å². The smallest absolute Gasteiger partial charge is 0.209 e. The number of hydrogen-bond donors (Lipinski definition) is 0. The van der Waals surface area contributed by atoms with Crippen molar-refractivity contribution in [3.05, 3.63) is 148 Å². The Morgan fingerprint density at radius 3 is 2.08 bits per heavy atom. The molecule has 0 radical (unpaired) electrons. The maximum absolute atomic E-state index is 11.2. The lowest BCUT2D eigenvalue weighted by molar-refractivity contribution is -0.298. The van der Waals surface area contributed by atoms with E-state index in [9.17, 15) is 9.90 Å². The molecule has 0 saturated heterocycles. The average molecular weight is 508 g/mol. The van der Waals surface area contributed by atoms with Crippen molar-refractivity contribution in [3.8, 4) is 0 Å². The van der Waals surface area contributed by atoms with Crippen molar-refractivity contribution in [1.29, 1.82) is 0 Å². The van der Waals surface area contributed by atoms with Crippen molar-refractivity contribution in [1.82, 2.24) is 0 Å². The Hall–Kier alpha value is -4.88. The van der Waals surface area contributed by atoms with Crippen LogP contribution in [0.5, 0.6) is 0 Å². The first kappa shape index (κ1) is 24.5. The van der Waals surface area contributed by atoms with Crippen molar-refractivity contribution < 1.29 is 9.90 Å². The molecule has 0 bridgehead atoms. The predicted octanol–water partition coefficient (Wildman–Crippen LogP) is 7.07. The number of nitrogens with zero attached hydrogens (tertiary/aromatic N) is 2. The summed E-state index contributed by atoms with van der Waals surface area (Å²) >= 11 is 0. The van der Waals surface area contributed by atoms with Crippen LogP contribution in [0.1, 0.15) is 53.0 Å². The third-order valence-corrected chi connectivity index (χ3v) is 7.81. The molecule has 6 rings (SSSR count). The van der Waals surface area contributed by atoms with Crippen LogP contribution in [0.25, 0.3) is 22.6 Å². The topological polar surface area (TPSA) is 47.7 Å². The van der Waals surface area contributed by atoms with Gasteiger partial charge in [0.1, 0.15) is 0 Å². The molecule has 2 atom stereocenters. The quantitative estimate of drug-likeness (QED) is 0.159. The molecule has 39 heavy (non-hydrogen) atoms. The zero-order chi connectivity index (χ0) is 26.8. The van der Waals surface area contributed by atoms with E-state index >= 15 is 0 Å². The number of carbonyl (C=O) groups is 1. The van der Waals surface area contributed by atoms with Gasteiger partial charge in [0, 0.05) is 23.3 Å². The number of anilines is 2. The molecule has 1 aliphatic heterocycles. The Bertz CT molecular complexity index is 1570. The molecule has 1 heterocycles. The third-order valence-electron chi connectivity index (χ3n) is 7.81. The fourth-order valence-corrected chi connectivity index (χ4v) is 6.06. The van der Waals surface area contributed by atoms with E-state index in [1.807, 2.05) is 18.2 Å². The zero-order valence-electron chi connectivity index (χ0n) is 21.5. The highest BCUT2D eigenvalue weighted by atomic mass is 16.4. The Labute approximate surface area is 229 Å². The van der Waals surface area contributed by atoms with Gasteiger partial charge in [-0.25, -0.2) is 4.85 Å². The van der Waals surface area contributed by atoms with Gasteiger partial charge >= 0.3 is 0 Å². The molecule has 4 aromatic carbocycles. The van der Waals surface area contributed by atoms with Gasteiger partial charge < -0.3 is 14.8 Å². The molecular weight excluding hydrogens is 480 g/mol. The fourth-order valence-electron chi connectivity index (χ4n) is 6.06. The van der Waals surface area contributed by atoms with Crippen LogP contribution in [-0.4, -0.2) is 12.0 Å². The Morgan fingerprint density at radius 2 is 1.46 bits per heavy atom. The molecule has 0 N–H and O–H groups in total. The Balaban J connectivity index is 1.35. The van der Waals surface area contributed by atoms with Crippen molar-refractivity contribution in [2.45, 2.75) is 31.2 Å². The SMILES string of the molecule is [C-]#[N+]/C(=C\c1ccc2c(c1)C1CCCC1N2c1ccc(C=C(c2ccccc2)c2ccccc2)cc1)C(=O)[O-]. The summed E-state index contributed by atoms with van der Waals surface area (Å²) in [6.07, 6.45) is 7.04. The Kier molecular flexibility index (Phi) is 6.57. The zero-order valence-corrected chi connectivity index (χ0v) is 21.5. The number of carboxylic acid groups (broad SMARTS) is 1. The maximum atomic E-state index is 11.2. The highest BCUT2D eigenvalue weighted by Gasteiger charge is 2.42. The van der Waals surface area contributed by atoms with Crippen LogP contribution in [0.15, 0.2) is 109 Å². The minimum Gasteiger partial charge on any atom is -0.558 e. The van der Waals surface area contributed by atoms with Gasteiger partial charge in [-0.15, -0.1) is 0 Å². The molecule has 1 fully saturated rings. The second-order valence-corrected chi connectivity index (χ2v) is 10.1. The monoisotopic (exact) mass is 507 g/mol. The first-order valence-electron chi connectivity index (χ1n) is 13.3. The van der Waals surface area contributed by atoms with Gasteiger partial charge in [0.25, 0.3) is 0 Å². The molecule has 2 aliphatic rings. The number of rotatable bonds is 6. The van der Waals surface area contributed by atoms with Crippen LogP contribution in [0.2, 0.25) is 0 Å². The van der Waals surface area contributed by atoms with E-state index in [1.54, 1.807) is 0 Å². The first-order valence-corrected chi connectivity index (χ1v) is 13.3. The first-order chi connectivity index (χ1) is 19.1. The summed E-state index contributed by atoms with van der Waals surface area (Å²) in [7, 11) is 0. The largest absolute Gasteiger partial charge is 0.558 e. The lowest BCUT2D eigenvalue weighted by Gasteiger charge is -2.27. The van der Waals surface area contributed by atoms with E-state index in [0.717, 1.165) is 41.8 Å². The molecule has 0 aromatic heterocycles. The van der Waals surface area contributed by atoms with Gasteiger partial charge in [-0.3, -0.25) is 0 Å². The summed E-state index contributed by atoms with van der Waals surface area (Å²) in [5.74, 6) is -1.04. The van der Waals surface area contributed by atoms with Crippen molar-refractivity contribution in [2.75, 3.05) is 4.90 Å². The van der Waals surface area contributed by atoms with E-state index in [1.165, 1.54) is 28.3 Å². The van der Waals surface area contributed by atoms with Gasteiger partial charge in [0.2, 0.25) is 5.70 Å². The number of hydrogen-bond acceptors (Lipinski definition) is 3. The summed E-state index contributed by atoms with van der Waals surface area (Å²) in [6, 6.07) is 36.1. The normalized spacial score (nSPS) is 17.7. The van der Waals surface area contributed by atoms with Gasteiger partial charge in [-0.05, 0) is 76.6 Å². The Morgan fingerprint density at radius 1 is 0.821 bits per heavy atom. The second kappa shape index (κ2) is 10.5. The van der Waals surface area contributed by atoms with Crippen LogP contribution < -0.4 is 10.0 Å². The van der Waals surface area contributed by atoms with E-state index in [2.05, 4.69) is 101 Å². The molecule has 4 aromatic rings. The van der Waals surface area contributed by atoms with Gasteiger partial charge in [-0.1, -0.05) is 91.3 Å². The summed E-state index contributed by atoms with van der Waals surface area (Å²) in [6.45, 7) is 7.14. The fraction of sp³-hybridized carbons (Fsp3) is 0.143. The molecule has 1 aliphatic carbocycles. The third kappa shape index (κ3) is 4.76. The molecule has 2 unspecified atom stereocenters. The molecule has 0 spiro atoms. The maximum Gasteiger partial charge on any atom is 0.209 e. The van der Waals surface area contributed by atoms with E-state index in [4.69, 9.17) is 6.57 Å². The van der Waals surface area contributed by atoms with Crippen molar-refractivity contribution in [3.63, 3.8) is 0 Å². The van der Waals surface area contributed by atoms with Crippen LogP contribution >= 0.6 is 0 Å². The lowest BCUT2D eigenvalue weighted by Crippen LogP contribution is -2.26. The lowest BCUT2D eigenvalue weighted by atomic mass is 9.95. The van der Waals surface area contributed by atoms with E-state index < -0.39 is 5.97 Å². The summed E-state index contributed by atoms with van der Waals surface area (Å²) < 4.78 is 0. The summed E-state index contributed by atoms with van der Waals surface area (Å²) in [5, 5.41) is 11.2. The van der Waals surface area contributed by atoms with Gasteiger partial charge in [-0.2, -0.15) is 0 Å².